The number of hydrogen-bond donors (Lipinski definition) is 2. The van der Waals surface area contributed by atoms with Crippen LogP contribution in [0.15, 0.2) is 64.6 Å². The SMILES string of the molecule is C=C(C)/C(=N/C(=C\C)NC1=CC(C)CC(C)=C1)C(=C)CC1(CCN)CC1. The molecule has 0 saturated heterocycles. The summed E-state index contributed by atoms with van der Waals surface area (Å²) in [6.45, 7) is 17.6. The third-order valence-electron chi connectivity index (χ3n) is 5.25. The van der Waals surface area contributed by atoms with Crippen molar-refractivity contribution in [3.63, 3.8) is 0 Å². The molecule has 26 heavy (non-hydrogen) atoms. The molecule has 1 atom stereocenters. The molecule has 142 valence electrons. The minimum Gasteiger partial charge on any atom is -0.341 e. The summed E-state index contributed by atoms with van der Waals surface area (Å²) < 4.78 is 0. The van der Waals surface area contributed by atoms with Gasteiger partial charge in [0.1, 0.15) is 5.82 Å². The lowest BCUT2D eigenvalue weighted by molar-refractivity contribution is 0.475. The molecule has 3 N–H and O–H groups in total. The quantitative estimate of drug-likeness (QED) is 0.545. The molecule has 1 unspecified atom stereocenters. The van der Waals surface area contributed by atoms with Crippen LogP contribution < -0.4 is 11.1 Å². The topological polar surface area (TPSA) is 50.4 Å². The van der Waals surface area contributed by atoms with Crippen LogP contribution in [0.5, 0.6) is 0 Å². The Balaban J connectivity index is 2.15. The molecule has 0 heterocycles. The van der Waals surface area contributed by atoms with Gasteiger partial charge in [-0.15, -0.1) is 0 Å². The summed E-state index contributed by atoms with van der Waals surface area (Å²) >= 11 is 0. The fourth-order valence-electron chi connectivity index (χ4n) is 3.77. The molecule has 0 aromatic carbocycles. The normalized spacial score (nSPS) is 22.4. The average Bonchev–Trinajstić information content (AvgIpc) is 3.29. The lowest BCUT2D eigenvalue weighted by Crippen LogP contribution is -2.17. The first-order valence-corrected chi connectivity index (χ1v) is 9.73. The van der Waals surface area contributed by atoms with E-state index < -0.39 is 0 Å². The maximum absolute atomic E-state index is 5.79. The van der Waals surface area contributed by atoms with Gasteiger partial charge in [-0.3, -0.25) is 0 Å². The van der Waals surface area contributed by atoms with Gasteiger partial charge in [0.2, 0.25) is 0 Å². The van der Waals surface area contributed by atoms with E-state index in [0.29, 0.717) is 11.3 Å². The van der Waals surface area contributed by atoms with E-state index in [9.17, 15) is 0 Å². The largest absolute Gasteiger partial charge is 0.341 e. The Morgan fingerprint density at radius 1 is 1.42 bits per heavy atom. The Morgan fingerprint density at radius 2 is 2.12 bits per heavy atom. The lowest BCUT2D eigenvalue weighted by atomic mass is 9.90. The van der Waals surface area contributed by atoms with Crippen LogP contribution in [0.3, 0.4) is 0 Å². The highest BCUT2D eigenvalue weighted by molar-refractivity contribution is 6.11. The Bertz CT molecular complexity index is 684. The number of rotatable bonds is 9. The minimum absolute atomic E-state index is 0.354. The molecular formula is C23H35N3. The number of nitrogens with zero attached hydrogens (tertiary/aromatic N) is 1. The Labute approximate surface area is 159 Å². The van der Waals surface area contributed by atoms with E-state index >= 15 is 0 Å². The van der Waals surface area contributed by atoms with Crippen LogP contribution in [-0.4, -0.2) is 12.3 Å². The number of aliphatic imine (C=N–C) groups is 1. The summed E-state index contributed by atoms with van der Waals surface area (Å²) in [7, 11) is 0. The molecule has 0 aromatic rings. The van der Waals surface area contributed by atoms with Crippen molar-refractivity contribution >= 4 is 5.71 Å². The van der Waals surface area contributed by atoms with Crippen LogP contribution in [0, 0.1) is 11.3 Å². The molecule has 2 aliphatic carbocycles. The molecule has 2 rings (SSSR count). The first-order valence-electron chi connectivity index (χ1n) is 9.73. The summed E-state index contributed by atoms with van der Waals surface area (Å²) in [5.74, 6) is 1.39. The molecule has 0 amide bonds. The van der Waals surface area contributed by atoms with Gasteiger partial charge in [0, 0.05) is 5.70 Å². The second-order valence-electron chi connectivity index (χ2n) is 8.15. The van der Waals surface area contributed by atoms with Crippen LogP contribution in [0.2, 0.25) is 0 Å². The van der Waals surface area contributed by atoms with Crippen LogP contribution in [0.1, 0.15) is 59.8 Å². The number of allylic oxidation sites excluding steroid dienone is 6. The Morgan fingerprint density at radius 3 is 2.62 bits per heavy atom. The predicted octanol–water partition coefficient (Wildman–Crippen LogP) is 5.40. The van der Waals surface area contributed by atoms with Gasteiger partial charge in [-0.25, -0.2) is 4.99 Å². The zero-order valence-corrected chi connectivity index (χ0v) is 17.0. The second-order valence-corrected chi connectivity index (χ2v) is 8.15. The molecule has 2 aliphatic rings. The van der Waals surface area contributed by atoms with Gasteiger partial charge in [0.05, 0.1) is 5.71 Å². The van der Waals surface area contributed by atoms with E-state index in [1.54, 1.807) is 0 Å². The zero-order chi connectivity index (χ0) is 19.3. The molecule has 0 radical (unpaired) electrons. The van der Waals surface area contributed by atoms with E-state index in [0.717, 1.165) is 54.2 Å². The summed E-state index contributed by atoms with van der Waals surface area (Å²) in [5, 5.41) is 3.47. The van der Waals surface area contributed by atoms with Crippen molar-refractivity contribution in [2.45, 2.75) is 59.8 Å². The second kappa shape index (κ2) is 8.68. The standard InChI is InChI=1S/C23H35N3/c1-7-21(25-20-13-17(4)12-18(5)14-20)26-22(16(2)3)19(6)15-23(8-9-23)10-11-24/h7,13-14,17,25H,2,6,8-12,15,24H2,1,3-5H3/b21-7-,26-22-. The minimum atomic E-state index is 0.354. The number of nitrogens with one attached hydrogen (secondary N) is 1. The zero-order valence-electron chi connectivity index (χ0n) is 17.0. The van der Waals surface area contributed by atoms with Crippen LogP contribution in [0.25, 0.3) is 0 Å². The maximum Gasteiger partial charge on any atom is 0.126 e. The van der Waals surface area contributed by atoms with Crippen molar-refractivity contribution < 1.29 is 0 Å². The molecule has 3 heteroatoms. The fourth-order valence-corrected chi connectivity index (χ4v) is 3.77. The number of nitrogens with two attached hydrogens (primary N) is 1. The van der Waals surface area contributed by atoms with Gasteiger partial charge >= 0.3 is 0 Å². The van der Waals surface area contributed by atoms with Gasteiger partial charge in [-0.1, -0.05) is 31.7 Å². The van der Waals surface area contributed by atoms with Crippen molar-refractivity contribution in [2.75, 3.05) is 6.54 Å². The summed E-state index contributed by atoms with van der Waals surface area (Å²) in [6.07, 6.45) is 12.1. The number of hydrogen-bond acceptors (Lipinski definition) is 3. The Kier molecular flexibility index (Phi) is 6.82. The molecule has 1 saturated carbocycles. The highest BCUT2D eigenvalue weighted by Crippen LogP contribution is 2.53. The fraction of sp³-hybridized carbons (Fsp3) is 0.522. The Hall–Kier alpha value is -1.87. The van der Waals surface area contributed by atoms with Crippen LogP contribution >= 0.6 is 0 Å². The smallest absolute Gasteiger partial charge is 0.126 e. The molecule has 1 fully saturated rings. The van der Waals surface area contributed by atoms with Gasteiger partial charge in [-0.05, 0) is 94.1 Å². The molecular weight excluding hydrogens is 318 g/mol. The third-order valence-corrected chi connectivity index (χ3v) is 5.25. The summed E-state index contributed by atoms with van der Waals surface area (Å²) in [6, 6.07) is 0. The molecule has 0 bridgehead atoms. The van der Waals surface area contributed by atoms with E-state index in [2.05, 4.69) is 44.5 Å². The van der Waals surface area contributed by atoms with E-state index in [4.69, 9.17) is 10.7 Å². The molecule has 3 nitrogen and oxygen atoms in total. The predicted molar refractivity (Wildman–Crippen MR) is 114 cm³/mol. The van der Waals surface area contributed by atoms with E-state index in [1.807, 2.05) is 19.9 Å². The van der Waals surface area contributed by atoms with Crippen molar-refractivity contribution in [1.29, 1.82) is 0 Å². The van der Waals surface area contributed by atoms with Crippen molar-refractivity contribution in [3.05, 3.63) is 59.6 Å². The maximum atomic E-state index is 5.79. The van der Waals surface area contributed by atoms with Crippen molar-refractivity contribution in [1.82, 2.24) is 5.32 Å². The van der Waals surface area contributed by atoms with Gasteiger partial charge < -0.3 is 11.1 Å². The lowest BCUT2D eigenvalue weighted by Gasteiger charge is -2.20. The molecule has 0 aromatic heterocycles. The first-order chi connectivity index (χ1) is 12.3. The monoisotopic (exact) mass is 353 g/mol. The summed E-state index contributed by atoms with van der Waals surface area (Å²) in [4.78, 5) is 4.88. The average molecular weight is 354 g/mol. The van der Waals surface area contributed by atoms with Crippen LogP contribution in [-0.2, 0) is 0 Å². The highest BCUT2D eigenvalue weighted by Gasteiger charge is 2.42. The van der Waals surface area contributed by atoms with Crippen molar-refractivity contribution in [2.24, 2.45) is 22.1 Å². The summed E-state index contributed by atoms with van der Waals surface area (Å²) in [5.41, 5.74) is 11.6. The van der Waals surface area contributed by atoms with E-state index in [1.165, 1.54) is 18.4 Å². The third kappa shape index (κ3) is 5.57. The molecule has 0 aliphatic heterocycles. The van der Waals surface area contributed by atoms with Gasteiger partial charge in [0.15, 0.2) is 0 Å². The highest BCUT2D eigenvalue weighted by atomic mass is 15.0. The van der Waals surface area contributed by atoms with Gasteiger partial charge in [-0.2, -0.15) is 0 Å². The van der Waals surface area contributed by atoms with Gasteiger partial charge in [0.25, 0.3) is 0 Å². The van der Waals surface area contributed by atoms with Crippen molar-refractivity contribution in [3.8, 4) is 0 Å². The first kappa shape index (κ1) is 20.4. The van der Waals surface area contributed by atoms with Crippen LogP contribution in [0.4, 0.5) is 0 Å². The molecule has 0 spiro atoms. The van der Waals surface area contributed by atoms with E-state index in [-0.39, 0.29) is 0 Å².